The summed E-state index contributed by atoms with van der Waals surface area (Å²) in [5, 5.41) is 33.2. The molecule has 0 saturated carbocycles. The quantitative estimate of drug-likeness (QED) is 0.0373. The van der Waals surface area contributed by atoms with Crippen molar-refractivity contribution in [2.24, 2.45) is 0 Å². The smallest absolute Gasteiger partial charge is 0.222 e. The fraction of sp³-hybridized carbons (Fsp3) is 0.935. The van der Waals surface area contributed by atoms with Crippen LogP contribution in [0.4, 0.5) is 0 Å². The lowest BCUT2D eigenvalue weighted by Gasteiger charge is -2.21. The largest absolute Gasteiger partial charge is 0.394 e. The van der Waals surface area contributed by atoms with Crippen molar-refractivity contribution >= 4 is 5.91 Å². The Kier molecular flexibility index (Phi) is 41.1. The Bertz CT molecular complexity index is 713. The summed E-state index contributed by atoms with van der Waals surface area (Å²) in [6.45, 7) is 4.23. The number of unbranched alkanes of at least 4 members (excludes halogenated alkanes) is 33. The van der Waals surface area contributed by atoms with Crippen LogP contribution < -0.4 is 5.32 Å². The maximum Gasteiger partial charge on any atom is 0.222 e. The van der Waals surface area contributed by atoms with Crippen molar-refractivity contribution in [2.45, 2.75) is 270 Å². The van der Waals surface area contributed by atoms with Gasteiger partial charge in [0.1, 0.15) is 0 Å². The van der Waals surface area contributed by atoms with Crippen molar-refractivity contribution in [3.05, 3.63) is 12.2 Å². The number of aliphatic hydroxyl groups excluding tert-OH is 3. The van der Waals surface area contributed by atoms with Gasteiger partial charge in [-0.1, -0.05) is 238 Å². The standard InChI is InChI=1S/C46H91NO4/c1-3-5-7-9-11-13-15-17-18-19-20-21-22-23-24-25-26-28-30-32-34-36-38-40-45(50)44(42-48)47-46(51)41-43(49)39-37-35-33-31-29-27-16-14-12-10-8-6-4-2/h38,40,43-45,48-50H,3-37,39,41-42H2,1-2H3,(H,47,51)/b40-38+. The molecule has 5 nitrogen and oxygen atoms in total. The number of allylic oxidation sites excluding steroid dienone is 1. The van der Waals surface area contributed by atoms with Crippen molar-refractivity contribution in [2.75, 3.05) is 6.61 Å². The summed E-state index contributed by atoms with van der Waals surface area (Å²) in [6.07, 6.45) is 49.3. The number of rotatable bonds is 42. The van der Waals surface area contributed by atoms with Crippen molar-refractivity contribution < 1.29 is 20.1 Å². The van der Waals surface area contributed by atoms with Crippen LogP contribution in [0.2, 0.25) is 0 Å². The van der Waals surface area contributed by atoms with E-state index >= 15 is 0 Å². The van der Waals surface area contributed by atoms with E-state index in [9.17, 15) is 20.1 Å². The molecule has 0 aliphatic rings. The minimum Gasteiger partial charge on any atom is -0.394 e. The Labute approximate surface area is 319 Å². The zero-order chi connectivity index (χ0) is 37.3. The predicted octanol–water partition coefficient (Wildman–Crippen LogP) is 13.2. The Hall–Kier alpha value is -0.910. The molecule has 0 aromatic carbocycles. The van der Waals surface area contributed by atoms with Crippen LogP contribution in [0.25, 0.3) is 0 Å². The molecule has 3 unspecified atom stereocenters. The Morgan fingerprint density at radius 3 is 1.14 bits per heavy atom. The topological polar surface area (TPSA) is 89.8 Å². The number of hydrogen-bond donors (Lipinski definition) is 4. The molecule has 304 valence electrons. The second-order valence-electron chi connectivity index (χ2n) is 16.0. The average molecular weight is 722 g/mol. The van der Waals surface area contributed by atoms with Crippen molar-refractivity contribution in [3.63, 3.8) is 0 Å². The number of hydrogen-bond acceptors (Lipinski definition) is 4. The summed E-state index contributed by atoms with van der Waals surface area (Å²) in [6, 6.07) is -0.739. The van der Waals surface area contributed by atoms with Gasteiger partial charge in [-0.25, -0.2) is 0 Å². The van der Waals surface area contributed by atoms with Crippen LogP contribution in [-0.2, 0) is 4.79 Å². The first kappa shape index (κ1) is 50.1. The van der Waals surface area contributed by atoms with Gasteiger partial charge in [-0.15, -0.1) is 0 Å². The van der Waals surface area contributed by atoms with Crippen molar-refractivity contribution in [1.82, 2.24) is 5.32 Å². The van der Waals surface area contributed by atoms with Gasteiger partial charge >= 0.3 is 0 Å². The highest BCUT2D eigenvalue weighted by atomic mass is 16.3. The molecule has 0 saturated heterocycles. The van der Waals surface area contributed by atoms with Crippen LogP contribution in [0.1, 0.15) is 251 Å². The molecular formula is C46H91NO4. The highest BCUT2D eigenvalue weighted by molar-refractivity contribution is 5.76. The molecule has 3 atom stereocenters. The van der Waals surface area contributed by atoms with Crippen LogP contribution >= 0.6 is 0 Å². The predicted molar refractivity (Wildman–Crippen MR) is 222 cm³/mol. The van der Waals surface area contributed by atoms with Crippen molar-refractivity contribution in [3.8, 4) is 0 Å². The van der Waals surface area contributed by atoms with E-state index < -0.39 is 18.2 Å². The SMILES string of the molecule is CCCCCCCCCCCCCCCCCCCCCCC/C=C/C(O)C(CO)NC(=O)CC(O)CCCCCCCCCCCCCCC. The number of carbonyl (C=O) groups excluding carboxylic acids is 1. The first-order valence-electron chi connectivity index (χ1n) is 23.0. The summed E-state index contributed by atoms with van der Waals surface area (Å²) in [5.41, 5.74) is 0. The average Bonchev–Trinajstić information content (AvgIpc) is 3.12. The number of amides is 1. The summed E-state index contributed by atoms with van der Waals surface area (Å²) >= 11 is 0. The number of aliphatic hydroxyl groups is 3. The van der Waals surface area contributed by atoms with Crippen molar-refractivity contribution in [1.29, 1.82) is 0 Å². The van der Waals surface area contributed by atoms with Gasteiger partial charge in [0.15, 0.2) is 0 Å². The zero-order valence-electron chi connectivity index (χ0n) is 34.5. The van der Waals surface area contributed by atoms with E-state index in [-0.39, 0.29) is 18.9 Å². The third-order valence-corrected chi connectivity index (χ3v) is 10.8. The fourth-order valence-corrected chi connectivity index (χ4v) is 7.28. The Balaban J connectivity index is 3.60. The summed E-state index contributed by atoms with van der Waals surface area (Å²) < 4.78 is 0. The van der Waals surface area contributed by atoms with Gasteiger partial charge in [0.25, 0.3) is 0 Å². The van der Waals surface area contributed by atoms with Crippen LogP contribution in [0, 0.1) is 0 Å². The second kappa shape index (κ2) is 41.8. The normalized spacial score (nSPS) is 13.6. The lowest BCUT2D eigenvalue weighted by Crippen LogP contribution is -2.45. The molecule has 0 aromatic rings. The lowest BCUT2D eigenvalue weighted by atomic mass is 10.0. The molecule has 0 bridgehead atoms. The number of carbonyl (C=O) groups is 1. The highest BCUT2D eigenvalue weighted by Gasteiger charge is 2.20. The zero-order valence-corrected chi connectivity index (χ0v) is 34.5. The summed E-state index contributed by atoms with van der Waals surface area (Å²) in [7, 11) is 0. The minimum atomic E-state index is -0.924. The van der Waals surface area contributed by atoms with Gasteiger partial charge in [0.2, 0.25) is 5.91 Å². The number of nitrogens with one attached hydrogen (secondary N) is 1. The molecule has 0 aromatic heterocycles. The van der Waals surface area contributed by atoms with E-state index in [4.69, 9.17) is 0 Å². The van der Waals surface area contributed by atoms with Gasteiger partial charge in [-0.05, 0) is 19.3 Å². The second-order valence-corrected chi connectivity index (χ2v) is 16.0. The first-order valence-corrected chi connectivity index (χ1v) is 23.0. The maximum atomic E-state index is 12.4. The molecule has 0 aliphatic carbocycles. The monoisotopic (exact) mass is 722 g/mol. The van der Waals surface area contributed by atoms with Gasteiger partial charge in [-0.3, -0.25) is 4.79 Å². The van der Waals surface area contributed by atoms with E-state index in [1.54, 1.807) is 6.08 Å². The minimum absolute atomic E-state index is 0.0185. The molecule has 0 rings (SSSR count). The van der Waals surface area contributed by atoms with Crippen LogP contribution in [-0.4, -0.2) is 46.1 Å². The highest BCUT2D eigenvalue weighted by Crippen LogP contribution is 2.17. The van der Waals surface area contributed by atoms with E-state index in [0.717, 1.165) is 25.7 Å². The molecule has 1 amide bonds. The molecule has 5 heteroatoms. The molecule has 0 spiro atoms. The molecule has 51 heavy (non-hydrogen) atoms. The van der Waals surface area contributed by atoms with E-state index in [1.165, 1.54) is 199 Å². The lowest BCUT2D eigenvalue weighted by molar-refractivity contribution is -0.124. The fourth-order valence-electron chi connectivity index (χ4n) is 7.28. The first-order chi connectivity index (χ1) is 25.0. The molecule has 0 aliphatic heterocycles. The van der Waals surface area contributed by atoms with Crippen LogP contribution in [0.15, 0.2) is 12.2 Å². The Morgan fingerprint density at radius 2 is 0.804 bits per heavy atom. The van der Waals surface area contributed by atoms with Gasteiger partial charge < -0.3 is 20.6 Å². The summed E-state index contributed by atoms with van der Waals surface area (Å²) in [5.74, 6) is -0.312. The maximum absolute atomic E-state index is 12.4. The van der Waals surface area contributed by atoms with E-state index in [2.05, 4.69) is 19.2 Å². The molecule has 0 radical (unpaired) electrons. The van der Waals surface area contributed by atoms with Gasteiger partial charge in [0, 0.05) is 0 Å². The van der Waals surface area contributed by atoms with Crippen LogP contribution in [0.3, 0.4) is 0 Å². The summed E-state index contributed by atoms with van der Waals surface area (Å²) in [4.78, 5) is 12.4. The third-order valence-electron chi connectivity index (χ3n) is 10.8. The molecule has 4 N–H and O–H groups in total. The third kappa shape index (κ3) is 38.6. The van der Waals surface area contributed by atoms with Gasteiger partial charge in [0.05, 0.1) is 31.3 Å². The van der Waals surface area contributed by atoms with E-state index in [1.807, 2.05) is 6.08 Å². The van der Waals surface area contributed by atoms with Gasteiger partial charge in [-0.2, -0.15) is 0 Å². The Morgan fingerprint density at radius 1 is 0.490 bits per heavy atom. The van der Waals surface area contributed by atoms with E-state index in [0.29, 0.717) is 6.42 Å². The molecule has 0 heterocycles. The molecular weight excluding hydrogens is 631 g/mol. The van der Waals surface area contributed by atoms with Crippen LogP contribution in [0.5, 0.6) is 0 Å². The molecule has 0 fully saturated rings.